The van der Waals surface area contributed by atoms with Crippen molar-refractivity contribution in [3.05, 3.63) is 144 Å². The molecular formula is C62H58N4O14. The molecule has 0 radical (unpaired) electrons. The number of carbonyl (C=O) groups excluding carboxylic acids is 4. The molecule has 0 saturated heterocycles. The molecule has 5 heterocycles. The molecule has 18 nitrogen and oxygen atoms in total. The van der Waals surface area contributed by atoms with Crippen molar-refractivity contribution in [2.24, 2.45) is 0 Å². The van der Waals surface area contributed by atoms with Crippen LogP contribution in [-0.4, -0.2) is 120 Å². The van der Waals surface area contributed by atoms with Gasteiger partial charge in [0.2, 0.25) is 0 Å². The van der Waals surface area contributed by atoms with Gasteiger partial charge < -0.3 is 58.1 Å². The molecule has 0 aliphatic carbocycles. The van der Waals surface area contributed by atoms with Crippen molar-refractivity contribution in [2.45, 2.75) is 26.7 Å². The Balaban J connectivity index is 1.23. The first-order valence-electron chi connectivity index (χ1n) is 26.0. The van der Waals surface area contributed by atoms with Crippen LogP contribution in [0.1, 0.15) is 49.5 Å². The lowest BCUT2D eigenvalue weighted by atomic mass is 10.0. The minimum absolute atomic E-state index is 0.0161. The van der Waals surface area contributed by atoms with Gasteiger partial charge in [-0.15, -0.1) is 0 Å². The van der Waals surface area contributed by atoms with Gasteiger partial charge in [0.25, 0.3) is 0 Å². The van der Waals surface area contributed by atoms with Crippen LogP contribution in [-0.2, 0) is 38.1 Å². The molecule has 2 aliphatic rings. The molecule has 0 atom stereocenters. The van der Waals surface area contributed by atoms with E-state index in [2.05, 4.69) is 9.97 Å². The highest BCUT2D eigenvalue weighted by molar-refractivity contribution is 6.00. The summed E-state index contributed by atoms with van der Waals surface area (Å²) >= 11 is 0. The minimum Gasteiger partial charge on any atom is -0.491 e. The smallest absolute Gasteiger partial charge is 0.317 e. The largest absolute Gasteiger partial charge is 0.491 e. The topological polar surface area (TPSA) is 240 Å². The minimum atomic E-state index is -0.715. The van der Waals surface area contributed by atoms with Crippen molar-refractivity contribution in [1.82, 2.24) is 19.9 Å². The van der Waals surface area contributed by atoms with Crippen LogP contribution in [0.3, 0.4) is 0 Å². The maximum atomic E-state index is 12.3. The van der Waals surface area contributed by atoms with E-state index >= 15 is 0 Å². The van der Waals surface area contributed by atoms with E-state index < -0.39 is 36.7 Å². The van der Waals surface area contributed by atoms with Crippen LogP contribution in [0, 0.1) is 0 Å². The number of esters is 4. The molecule has 7 aromatic rings. The molecule has 0 saturated carbocycles. The molecule has 4 N–H and O–H groups in total. The van der Waals surface area contributed by atoms with Gasteiger partial charge in [-0.1, -0.05) is 48.5 Å². The molecular weight excluding hydrogens is 1020 g/mol. The molecule has 0 spiro atoms. The molecule has 0 fully saturated rings. The lowest BCUT2D eigenvalue weighted by molar-refractivity contribution is -0.156. The second kappa shape index (κ2) is 26.7. The van der Waals surface area contributed by atoms with Crippen molar-refractivity contribution in [2.75, 3.05) is 66.1 Å². The zero-order valence-electron chi connectivity index (χ0n) is 44.0. The Bertz CT molecular complexity index is 3400. The molecule has 18 heteroatoms. The molecule has 80 heavy (non-hydrogen) atoms. The summed E-state index contributed by atoms with van der Waals surface area (Å²) in [6.07, 6.45) is 6.83. The third-order valence-corrected chi connectivity index (χ3v) is 12.4. The molecule has 9 rings (SSSR count). The molecule has 0 unspecified atom stereocenters. The Morgan fingerprint density at radius 3 is 0.963 bits per heavy atom. The number of ether oxygens (including phenoxy) is 8. The first-order valence-corrected chi connectivity index (χ1v) is 26.0. The molecule has 0 amide bonds. The highest BCUT2D eigenvalue weighted by Gasteiger charge is 2.21. The van der Waals surface area contributed by atoms with E-state index in [0.29, 0.717) is 67.8 Å². The molecule has 410 valence electrons. The Morgan fingerprint density at radius 1 is 0.388 bits per heavy atom. The van der Waals surface area contributed by atoms with E-state index in [-0.39, 0.29) is 66.1 Å². The fourth-order valence-corrected chi connectivity index (χ4v) is 9.10. The second-order valence-electron chi connectivity index (χ2n) is 17.9. The van der Waals surface area contributed by atoms with Gasteiger partial charge in [-0.2, -0.15) is 0 Å². The van der Waals surface area contributed by atoms with Gasteiger partial charge in [-0.25, -0.2) is 9.97 Å². The van der Waals surface area contributed by atoms with E-state index in [0.717, 1.165) is 44.5 Å². The molecule has 8 bridgehead atoms. The Morgan fingerprint density at radius 2 is 0.675 bits per heavy atom. The number of benzene rings is 4. The van der Waals surface area contributed by atoms with Gasteiger partial charge >= 0.3 is 23.9 Å². The zero-order chi connectivity index (χ0) is 55.8. The fraction of sp³-hybridized carbons (Fsp3) is 0.226. The van der Waals surface area contributed by atoms with Gasteiger partial charge in [0.15, 0.2) is 0 Å². The summed E-state index contributed by atoms with van der Waals surface area (Å²) in [5.74, 6) is -0.672. The lowest BCUT2D eigenvalue weighted by Crippen LogP contribution is -2.16. The van der Waals surface area contributed by atoms with Crippen LogP contribution in [0.4, 0.5) is 0 Å². The number of hydrogen-bond acceptors (Lipinski definition) is 16. The standard InChI is InChI=1S/C62H58N4O14/c1-3-73-55(69)37-57(71)79-31-29-77-45-15-7-11-41(35-45)61-51-21-17-47(63-51)59(39-9-5-13-43(33-39)75-27-25-67)49-19-23-53(65-49)62(42-12-8-16-46(36-42)78-30-32-80-58(72)38-56(70)74-4-2)54-24-20-50(66-54)60(48-18-22-52(61)64-48)40-10-6-14-44(34-40)76-28-26-68/h5-24,33-36,63,66-68H,3-4,25-32,37-38H2,1-2H3. The summed E-state index contributed by atoms with van der Waals surface area (Å²) in [5.41, 5.74) is 11.3. The quantitative estimate of drug-likeness (QED) is 0.0190. The lowest BCUT2D eigenvalue weighted by Gasteiger charge is -2.11. The number of rotatable bonds is 24. The highest BCUT2D eigenvalue weighted by Crippen LogP contribution is 2.40. The maximum absolute atomic E-state index is 12.3. The summed E-state index contributed by atoms with van der Waals surface area (Å²) in [6, 6.07) is 38.1. The number of aliphatic hydroxyl groups is 2. The first-order chi connectivity index (χ1) is 39.1. The number of nitrogens with one attached hydrogen (secondary N) is 2. The van der Waals surface area contributed by atoms with Crippen LogP contribution in [0.5, 0.6) is 23.0 Å². The van der Waals surface area contributed by atoms with E-state index in [1.807, 2.05) is 133 Å². The van der Waals surface area contributed by atoms with Gasteiger partial charge in [-0.3, -0.25) is 19.2 Å². The normalized spacial score (nSPS) is 11.4. The van der Waals surface area contributed by atoms with Crippen LogP contribution in [0.25, 0.3) is 90.9 Å². The number of aromatic nitrogens is 4. The average molecular weight is 1080 g/mol. The Hall–Kier alpha value is -9.52. The van der Waals surface area contributed by atoms with Crippen LogP contribution in [0.15, 0.2) is 121 Å². The first kappa shape index (κ1) is 55.2. The highest BCUT2D eigenvalue weighted by atomic mass is 16.6. The van der Waals surface area contributed by atoms with Crippen LogP contribution >= 0.6 is 0 Å². The molecule has 3 aromatic heterocycles. The monoisotopic (exact) mass is 1080 g/mol. The van der Waals surface area contributed by atoms with Crippen LogP contribution < -0.4 is 18.9 Å². The number of carbonyl (C=O) groups is 4. The number of aromatic amines is 2. The third kappa shape index (κ3) is 13.8. The summed E-state index contributed by atoms with van der Waals surface area (Å²) in [6.45, 7) is 3.34. The van der Waals surface area contributed by atoms with E-state index in [4.69, 9.17) is 47.9 Å². The van der Waals surface area contributed by atoms with Crippen molar-refractivity contribution in [1.29, 1.82) is 0 Å². The number of fused-ring (bicyclic) bond motifs is 8. The SMILES string of the molecule is CCOC(=O)CC(=O)OCCOc1cccc(-c2c3nc(c(-c4cccc(OCCO)c4)c4ccc([nH]4)c(-c4cccc(OCCOC(=O)CC(=O)OCC)c4)c4nc(c(-c5cccc(OCCO)c5)c5ccc2[nH]5)C=C4)C=C3)c1. The van der Waals surface area contributed by atoms with Gasteiger partial charge in [0.05, 0.1) is 49.2 Å². The second-order valence-corrected chi connectivity index (χ2v) is 17.9. The van der Waals surface area contributed by atoms with Crippen molar-refractivity contribution < 1.29 is 67.3 Å². The van der Waals surface area contributed by atoms with Gasteiger partial charge in [-0.05, 0) is 133 Å². The van der Waals surface area contributed by atoms with Crippen molar-refractivity contribution in [3.8, 4) is 67.5 Å². The third-order valence-electron chi connectivity index (χ3n) is 12.4. The summed E-state index contributed by atoms with van der Waals surface area (Å²) in [7, 11) is 0. The molecule has 2 aliphatic heterocycles. The summed E-state index contributed by atoms with van der Waals surface area (Å²) in [4.78, 5) is 66.4. The van der Waals surface area contributed by atoms with E-state index in [1.54, 1.807) is 26.0 Å². The number of nitrogens with zero attached hydrogens (tertiary/aromatic N) is 2. The number of hydrogen-bond donors (Lipinski definition) is 4. The van der Waals surface area contributed by atoms with E-state index in [1.165, 1.54) is 0 Å². The van der Waals surface area contributed by atoms with Crippen molar-refractivity contribution >= 4 is 70.2 Å². The fourth-order valence-electron chi connectivity index (χ4n) is 9.10. The van der Waals surface area contributed by atoms with Gasteiger partial charge in [0, 0.05) is 44.3 Å². The predicted octanol–water partition coefficient (Wildman–Crippen LogP) is 9.82. The molecule has 4 aromatic carbocycles. The summed E-state index contributed by atoms with van der Waals surface area (Å²) < 4.78 is 44.3. The average Bonchev–Trinajstić information content (AvgIpc) is 4.41. The Kier molecular flexibility index (Phi) is 18.4. The zero-order valence-corrected chi connectivity index (χ0v) is 44.0. The van der Waals surface area contributed by atoms with Gasteiger partial charge in [0.1, 0.15) is 75.5 Å². The number of aliphatic hydroxyl groups excluding tert-OH is 2. The summed E-state index contributed by atoms with van der Waals surface area (Å²) in [5, 5.41) is 19.3. The number of H-pyrrole nitrogens is 2. The predicted molar refractivity (Wildman–Crippen MR) is 301 cm³/mol. The maximum Gasteiger partial charge on any atom is 0.317 e. The van der Waals surface area contributed by atoms with Crippen LogP contribution in [0.2, 0.25) is 0 Å². The van der Waals surface area contributed by atoms with Crippen molar-refractivity contribution in [3.63, 3.8) is 0 Å². The Labute approximate surface area is 460 Å². The van der Waals surface area contributed by atoms with E-state index in [9.17, 15) is 29.4 Å².